The van der Waals surface area contributed by atoms with Gasteiger partial charge in [-0.2, -0.15) is 0 Å². The predicted molar refractivity (Wildman–Crippen MR) is 101 cm³/mol. The number of aromatic nitrogens is 2. The highest BCUT2D eigenvalue weighted by Crippen LogP contribution is 2.31. The van der Waals surface area contributed by atoms with Crippen LogP contribution in [0.5, 0.6) is 11.5 Å². The van der Waals surface area contributed by atoms with Gasteiger partial charge in [0, 0.05) is 42.1 Å². The van der Waals surface area contributed by atoms with Gasteiger partial charge in [-0.1, -0.05) is 13.0 Å². The zero-order valence-corrected chi connectivity index (χ0v) is 15.4. The fourth-order valence-electron chi connectivity index (χ4n) is 2.77. The van der Waals surface area contributed by atoms with Crippen LogP contribution < -0.4 is 10.5 Å². The van der Waals surface area contributed by atoms with Crippen LogP contribution in [0.15, 0.2) is 55.0 Å². The number of nitrogens with zero attached hydrogens (tertiary/aromatic N) is 2. The van der Waals surface area contributed by atoms with E-state index in [9.17, 15) is 13.6 Å². The minimum absolute atomic E-state index is 0.203. The van der Waals surface area contributed by atoms with E-state index in [1.54, 1.807) is 30.5 Å². The number of carbonyl (C=O) groups is 1. The number of pyridine rings is 2. The molecule has 1 aromatic carbocycles. The largest absolute Gasteiger partial charge is 0.456 e. The molecule has 0 aliphatic carbocycles. The van der Waals surface area contributed by atoms with Gasteiger partial charge < -0.3 is 10.5 Å². The number of benzene rings is 1. The number of ether oxygens (including phenoxy) is 1. The van der Waals surface area contributed by atoms with Crippen molar-refractivity contribution in [3.05, 3.63) is 71.7 Å². The summed E-state index contributed by atoms with van der Waals surface area (Å²) < 4.78 is 32.6. The molecular weight excluding hydrogens is 364 g/mol. The summed E-state index contributed by atoms with van der Waals surface area (Å²) in [6.45, 7) is 2.74. The lowest BCUT2D eigenvalue weighted by atomic mass is 9.99. The zero-order valence-electron chi connectivity index (χ0n) is 15.4. The number of rotatable bonds is 6. The predicted octanol–water partition coefficient (Wildman–Crippen LogP) is 4.71. The second-order valence-corrected chi connectivity index (χ2v) is 6.37. The Balaban J connectivity index is 1.90. The first-order chi connectivity index (χ1) is 13.3. The quantitative estimate of drug-likeness (QED) is 0.669. The van der Waals surface area contributed by atoms with Crippen molar-refractivity contribution in [2.45, 2.75) is 26.2 Å². The Morgan fingerprint density at radius 1 is 1.14 bits per heavy atom. The van der Waals surface area contributed by atoms with Crippen molar-refractivity contribution in [2.24, 2.45) is 5.73 Å². The number of primary amides is 1. The molecule has 2 N–H and O–H groups in total. The second kappa shape index (κ2) is 7.72. The van der Waals surface area contributed by atoms with Gasteiger partial charge in [0.1, 0.15) is 11.5 Å². The van der Waals surface area contributed by atoms with E-state index in [1.807, 2.05) is 13.0 Å². The fraction of sp³-hybridized carbons (Fsp3) is 0.190. The lowest BCUT2D eigenvalue weighted by Crippen LogP contribution is -2.13. The number of hydrogen-bond acceptors (Lipinski definition) is 4. The van der Waals surface area contributed by atoms with Gasteiger partial charge in [-0.15, -0.1) is 0 Å². The summed E-state index contributed by atoms with van der Waals surface area (Å²) in [5, 5.41) is 0. The molecule has 1 amide bonds. The highest BCUT2D eigenvalue weighted by Gasteiger charge is 2.25. The van der Waals surface area contributed by atoms with Crippen LogP contribution in [0, 0.1) is 0 Å². The number of alkyl halides is 2. The van der Waals surface area contributed by atoms with Gasteiger partial charge >= 0.3 is 0 Å². The average molecular weight is 383 g/mol. The van der Waals surface area contributed by atoms with Gasteiger partial charge in [0.25, 0.3) is 5.92 Å². The molecule has 0 atom stereocenters. The van der Waals surface area contributed by atoms with Crippen LogP contribution in [-0.2, 0) is 12.3 Å². The molecular formula is C21H19F2N3O2. The Hall–Kier alpha value is -3.35. The smallest absolute Gasteiger partial charge is 0.272 e. The van der Waals surface area contributed by atoms with E-state index in [0.29, 0.717) is 23.4 Å². The maximum absolute atomic E-state index is 13.5. The van der Waals surface area contributed by atoms with Gasteiger partial charge in [0.15, 0.2) is 0 Å². The summed E-state index contributed by atoms with van der Waals surface area (Å²) in [6.07, 6.45) is 4.68. The highest BCUT2D eigenvalue weighted by molar-refractivity contribution is 5.95. The van der Waals surface area contributed by atoms with Crippen LogP contribution in [0.1, 0.15) is 35.3 Å². The van der Waals surface area contributed by atoms with E-state index < -0.39 is 11.8 Å². The molecule has 28 heavy (non-hydrogen) atoms. The van der Waals surface area contributed by atoms with E-state index >= 15 is 0 Å². The second-order valence-electron chi connectivity index (χ2n) is 6.37. The van der Waals surface area contributed by atoms with Crippen LogP contribution >= 0.6 is 0 Å². The molecule has 0 unspecified atom stereocenters. The van der Waals surface area contributed by atoms with Gasteiger partial charge in [-0.3, -0.25) is 14.8 Å². The maximum atomic E-state index is 13.5. The molecule has 0 radical (unpaired) electrons. The first kappa shape index (κ1) is 19.4. The van der Waals surface area contributed by atoms with Crippen LogP contribution in [0.25, 0.3) is 11.3 Å². The summed E-state index contributed by atoms with van der Waals surface area (Å²) in [6, 6.07) is 9.85. The molecule has 0 bridgehead atoms. The number of amides is 1. The fourth-order valence-corrected chi connectivity index (χ4v) is 2.77. The van der Waals surface area contributed by atoms with E-state index in [4.69, 9.17) is 10.5 Å². The van der Waals surface area contributed by atoms with Crippen LogP contribution in [0.4, 0.5) is 8.78 Å². The van der Waals surface area contributed by atoms with E-state index in [1.165, 1.54) is 12.3 Å². The molecule has 0 saturated carbocycles. The third kappa shape index (κ3) is 4.31. The first-order valence-electron chi connectivity index (χ1n) is 8.68. The van der Waals surface area contributed by atoms with Crippen molar-refractivity contribution in [1.29, 1.82) is 0 Å². The number of halogens is 2. The Labute approximate surface area is 161 Å². The van der Waals surface area contributed by atoms with E-state index in [2.05, 4.69) is 9.97 Å². The SMILES string of the molecule is CCc1cc(-c2cc(Oc3cncc(C(C)(F)F)c3)ccn2)ccc1C(N)=O. The monoisotopic (exact) mass is 383 g/mol. The number of nitrogens with two attached hydrogens (primary N) is 1. The Morgan fingerprint density at radius 3 is 2.61 bits per heavy atom. The molecule has 5 nitrogen and oxygen atoms in total. The summed E-state index contributed by atoms with van der Waals surface area (Å²) in [7, 11) is 0. The van der Waals surface area contributed by atoms with Crippen LogP contribution in [0.2, 0.25) is 0 Å². The average Bonchev–Trinajstić information content (AvgIpc) is 2.67. The van der Waals surface area contributed by atoms with Crippen LogP contribution in [-0.4, -0.2) is 15.9 Å². The van der Waals surface area contributed by atoms with E-state index in [0.717, 1.165) is 24.2 Å². The summed E-state index contributed by atoms with van der Waals surface area (Å²) in [4.78, 5) is 19.6. The summed E-state index contributed by atoms with van der Waals surface area (Å²) in [5.74, 6) is -2.85. The standard InChI is InChI=1S/C21H19F2N3O2/c1-3-13-8-14(4-5-18(13)20(24)27)19-10-16(6-7-26-19)28-17-9-15(11-25-12-17)21(2,22)23/h4-12H,3H2,1-2H3,(H2,24,27). The molecule has 7 heteroatoms. The van der Waals surface area contributed by atoms with E-state index in [-0.39, 0.29) is 11.3 Å². The third-order valence-corrected chi connectivity index (χ3v) is 4.23. The molecule has 0 fully saturated rings. The molecule has 0 aliphatic rings. The van der Waals surface area contributed by atoms with Crippen molar-refractivity contribution in [3.63, 3.8) is 0 Å². The number of aryl methyl sites for hydroxylation is 1. The van der Waals surface area contributed by atoms with Crippen molar-refractivity contribution in [1.82, 2.24) is 9.97 Å². The first-order valence-corrected chi connectivity index (χ1v) is 8.68. The van der Waals surface area contributed by atoms with Crippen molar-refractivity contribution in [2.75, 3.05) is 0 Å². The molecule has 0 aliphatic heterocycles. The summed E-state index contributed by atoms with van der Waals surface area (Å²) >= 11 is 0. The van der Waals surface area contributed by atoms with Crippen molar-refractivity contribution < 1.29 is 18.3 Å². The third-order valence-electron chi connectivity index (χ3n) is 4.23. The Kier molecular flexibility index (Phi) is 5.35. The zero-order chi connectivity index (χ0) is 20.3. The highest BCUT2D eigenvalue weighted by atomic mass is 19.3. The van der Waals surface area contributed by atoms with Gasteiger partial charge in [-0.05, 0) is 36.2 Å². The van der Waals surface area contributed by atoms with Crippen LogP contribution in [0.3, 0.4) is 0 Å². The molecule has 0 saturated heterocycles. The number of hydrogen-bond donors (Lipinski definition) is 1. The lowest BCUT2D eigenvalue weighted by molar-refractivity contribution is 0.0169. The Bertz CT molecular complexity index is 1020. The maximum Gasteiger partial charge on any atom is 0.272 e. The molecule has 2 heterocycles. The molecule has 0 spiro atoms. The van der Waals surface area contributed by atoms with Gasteiger partial charge in [0.2, 0.25) is 5.91 Å². The molecule has 3 aromatic rings. The normalized spacial score (nSPS) is 11.3. The lowest BCUT2D eigenvalue weighted by Gasteiger charge is -2.12. The number of carbonyl (C=O) groups excluding carboxylic acids is 1. The van der Waals surface area contributed by atoms with Gasteiger partial charge in [-0.25, -0.2) is 8.78 Å². The van der Waals surface area contributed by atoms with Crippen molar-refractivity contribution >= 4 is 5.91 Å². The minimum Gasteiger partial charge on any atom is -0.456 e. The molecule has 144 valence electrons. The van der Waals surface area contributed by atoms with Gasteiger partial charge in [0.05, 0.1) is 11.9 Å². The Morgan fingerprint density at radius 2 is 1.93 bits per heavy atom. The molecule has 3 rings (SSSR count). The topological polar surface area (TPSA) is 78.1 Å². The van der Waals surface area contributed by atoms with Crippen molar-refractivity contribution in [3.8, 4) is 22.8 Å². The molecule has 2 aromatic heterocycles. The summed E-state index contributed by atoms with van der Waals surface area (Å²) in [5.41, 5.74) is 7.87. The minimum atomic E-state index is -3.01.